The zero-order valence-corrected chi connectivity index (χ0v) is 5.56. The van der Waals surface area contributed by atoms with Crippen LogP contribution < -0.4 is 0 Å². The van der Waals surface area contributed by atoms with E-state index in [1.54, 1.807) is 0 Å². The topological polar surface area (TPSA) is 63.6 Å². The highest BCUT2D eigenvalue weighted by Crippen LogP contribution is 1.94. The van der Waals surface area contributed by atoms with E-state index in [9.17, 15) is 4.79 Å². The second-order valence-electron chi connectivity index (χ2n) is 1.73. The van der Waals surface area contributed by atoms with Crippen molar-refractivity contribution in [3.05, 3.63) is 36.7 Å². The molecule has 0 aliphatic heterocycles. The number of carbonyl (C=O) groups is 1. The minimum absolute atomic E-state index is 0.0364. The molecule has 0 saturated heterocycles. The van der Waals surface area contributed by atoms with E-state index in [4.69, 9.17) is 5.11 Å². The Labute approximate surface area is 62.4 Å². The van der Waals surface area contributed by atoms with E-state index < -0.39 is 5.97 Å². The molecule has 0 aliphatic carbocycles. The second-order valence-corrected chi connectivity index (χ2v) is 1.73. The standard InChI is InChI=1S/C7H6O4/c8-7(9)6-1-2-10-3-4-11-5-6/h1-5H,(H,8,9). The second kappa shape index (κ2) is 3.46. The lowest BCUT2D eigenvalue weighted by Crippen LogP contribution is -1.92. The van der Waals surface area contributed by atoms with Gasteiger partial charge in [0.25, 0.3) is 0 Å². The number of hydrogen-bond donors (Lipinski definition) is 1. The quantitative estimate of drug-likeness (QED) is 0.668. The highest BCUT2D eigenvalue weighted by molar-refractivity contribution is 5.86. The van der Waals surface area contributed by atoms with E-state index in [2.05, 4.69) is 8.83 Å². The number of carboxylic acid groups (broad SMARTS) is 1. The van der Waals surface area contributed by atoms with Crippen LogP contribution >= 0.6 is 0 Å². The maximum atomic E-state index is 10.3. The van der Waals surface area contributed by atoms with Gasteiger partial charge in [-0.3, -0.25) is 0 Å². The van der Waals surface area contributed by atoms with E-state index >= 15 is 0 Å². The summed E-state index contributed by atoms with van der Waals surface area (Å²) >= 11 is 0. The smallest absolute Gasteiger partial charge is 0.338 e. The van der Waals surface area contributed by atoms with Gasteiger partial charge in [-0.05, 0) is 6.07 Å². The number of rotatable bonds is 1. The van der Waals surface area contributed by atoms with Gasteiger partial charge >= 0.3 is 5.97 Å². The molecule has 0 fully saturated rings. The fraction of sp³-hybridized carbons (Fsp3) is 0. The first-order valence-electron chi connectivity index (χ1n) is 2.86. The molecule has 0 unspecified atom stereocenters. The molecule has 0 bridgehead atoms. The maximum Gasteiger partial charge on any atom is 0.338 e. The van der Waals surface area contributed by atoms with Gasteiger partial charge < -0.3 is 13.9 Å². The van der Waals surface area contributed by atoms with Crippen LogP contribution in [0.4, 0.5) is 0 Å². The molecular formula is C7H6O4. The lowest BCUT2D eigenvalue weighted by atomic mass is 10.3. The molecular weight excluding hydrogens is 148 g/mol. The van der Waals surface area contributed by atoms with Crippen molar-refractivity contribution in [1.29, 1.82) is 0 Å². The third-order valence-corrected chi connectivity index (χ3v) is 0.981. The summed E-state index contributed by atoms with van der Waals surface area (Å²) in [6.07, 6.45) is 4.93. The number of hydrogen-bond acceptors (Lipinski definition) is 3. The van der Waals surface area contributed by atoms with E-state index in [0.29, 0.717) is 0 Å². The van der Waals surface area contributed by atoms with Crippen LogP contribution in [-0.2, 0) is 0 Å². The fourth-order valence-electron chi connectivity index (χ4n) is 0.496. The normalized spacial score (nSPS) is 8.73. The van der Waals surface area contributed by atoms with Crippen LogP contribution in [0.5, 0.6) is 0 Å². The van der Waals surface area contributed by atoms with Crippen molar-refractivity contribution in [3.8, 4) is 0 Å². The van der Waals surface area contributed by atoms with E-state index in [0.717, 1.165) is 6.26 Å². The molecule has 0 amide bonds. The first kappa shape index (κ1) is 7.40. The zero-order chi connectivity index (χ0) is 8.10. The third-order valence-electron chi connectivity index (χ3n) is 0.981. The van der Waals surface area contributed by atoms with Crippen LogP contribution in [0.25, 0.3) is 0 Å². The summed E-state index contributed by atoms with van der Waals surface area (Å²) in [7, 11) is 0. The molecule has 1 aromatic rings. The highest BCUT2D eigenvalue weighted by Gasteiger charge is 1.98. The Hall–Kier alpha value is -1.71. The molecule has 0 saturated carbocycles. The zero-order valence-electron chi connectivity index (χ0n) is 5.56. The Morgan fingerprint density at radius 1 is 1.27 bits per heavy atom. The summed E-state index contributed by atoms with van der Waals surface area (Å²) in [4.78, 5) is 10.3. The molecule has 0 spiro atoms. The molecule has 1 N–H and O–H groups in total. The summed E-state index contributed by atoms with van der Waals surface area (Å²) < 4.78 is 9.31. The third kappa shape index (κ3) is 2.17. The summed E-state index contributed by atoms with van der Waals surface area (Å²) in [6.45, 7) is 0. The molecule has 58 valence electrons. The minimum Gasteiger partial charge on any atom is -0.478 e. The molecule has 4 nitrogen and oxygen atoms in total. The molecule has 4 heteroatoms. The molecule has 0 atom stereocenters. The minimum atomic E-state index is -1.06. The summed E-state index contributed by atoms with van der Waals surface area (Å²) in [5.41, 5.74) is 0.0364. The van der Waals surface area contributed by atoms with Crippen molar-refractivity contribution in [2.75, 3.05) is 0 Å². The highest BCUT2D eigenvalue weighted by atomic mass is 16.4. The van der Waals surface area contributed by atoms with Crippen molar-refractivity contribution < 1.29 is 18.7 Å². The van der Waals surface area contributed by atoms with Gasteiger partial charge in [-0.25, -0.2) is 4.79 Å². The van der Waals surface area contributed by atoms with Crippen LogP contribution in [0.3, 0.4) is 0 Å². The van der Waals surface area contributed by atoms with Crippen LogP contribution in [-0.4, -0.2) is 11.1 Å². The van der Waals surface area contributed by atoms with Gasteiger partial charge in [0.2, 0.25) is 0 Å². The van der Waals surface area contributed by atoms with Crippen molar-refractivity contribution >= 4 is 5.97 Å². The van der Waals surface area contributed by atoms with E-state index in [1.165, 1.54) is 24.9 Å². The summed E-state index contributed by atoms with van der Waals surface area (Å²) in [6, 6.07) is 1.30. The molecule has 0 aliphatic rings. The molecule has 0 radical (unpaired) electrons. The Morgan fingerprint density at radius 3 is 2.73 bits per heavy atom. The van der Waals surface area contributed by atoms with Crippen LogP contribution in [0.15, 0.2) is 40.0 Å². The summed E-state index contributed by atoms with van der Waals surface area (Å²) in [5, 5.41) is 8.48. The maximum absolute atomic E-state index is 10.3. The average Bonchev–Trinajstić information content (AvgIpc) is 1.84. The lowest BCUT2D eigenvalue weighted by Gasteiger charge is -1.86. The van der Waals surface area contributed by atoms with Gasteiger partial charge in [-0.15, -0.1) is 0 Å². The van der Waals surface area contributed by atoms with Crippen molar-refractivity contribution in [2.24, 2.45) is 0 Å². The predicted octanol–water partition coefficient (Wildman–Crippen LogP) is 1.70. The number of carboxylic acids is 1. The van der Waals surface area contributed by atoms with Gasteiger partial charge in [0.05, 0.1) is 11.8 Å². The predicted molar refractivity (Wildman–Crippen MR) is 35.6 cm³/mol. The molecule has 0 aromatic carbocycles. The Kier molecular flexibility index (Phi) is 2.32. The Morgan fingerprint density at radius 2 is 2.00 bits per heavy atom. The van der Waals surface area contributed by atoms with Crippen LogP contribution in [0, 0.1) is 0 Å². The fourth-order valence-corrected chi connectivity index (χ4v) is 0.496. The van der Waals surface area contributed by atoms with Gasteiger partial charge in [-0.1, -0.05) is 0 Å². The van der Waals surface area contributed by atoms with Gasteiger partial charge in [-0.2, -0.15) is 0 Å². The Bertz CT molecular complexity index is 263. The van der Waals surface area contributed by atoms with Gasteiger partial charge in [0.15, 0.2) is 0 Å². The van der Waals surface area contributed by atoms with Crippen LogP contribution in [0.1, 0.15) is 10.4 Å². The van der Waals surface area contributed by atoms with E-state index in [1.807, 2.05) is 0 Å². The average molecular weight is 154 g/mol. The molecule has 1 rings (SSSR count). The van der Waals surface area contributed by atoms with Crippen molar-refractivity contribution in [3.63, 3.8) is 0 Å². The first-order valence-corrected chi connectivity index (χ1v) is 2.86. The molecule has 1 aromatic heterocycles. The van der Waals surface area contributed by atoms with Gasteiger partial charge in [0.1, 0.15) is 18.8 Å². The SMILES string of the molecule is O=C(O)c1ccoccoc1. The van der Waals surface area contributed by atoms with E-state index in [-0.39, 0.29) is 5.56 Å². The lowest BCUT2D eigenvalue weighted by molar-refractivity contribution is 0.0694. The van der Waals surface area contributed by atoms with Gasteiger partial charge in [0, 0.05) is 0 Å². The number of aromatic carboxylic acids is 1. The van der Waals surface area contributed by atoms with Crippen molar-refractivity contribution in [2.45, 2.75) is 0 Å². The van der Waals surface area contributed by atoms with Crippen LogP contribution in [0.2, 0.25) is 0 Å². The first-order chi connectivity index (χ1) is 5.30. The van der Waals surface area contributed by atoms with Crippen molar-refractivity contribution in [1.82, 2.24) is 0 Å². The summed E-state index contributed by atoms with van der Waals surface area (Å²) in [5.74, 6) is -1.06. The monoisotopic (exact) mass is 154 g/mol. The Balaban J connectivity index is 3.12. The largest absolute Gasteiger partial charge is 0.478 e. The molecule has 1 heterocycles. The molecule has 11 heavy (non-hydrogen) atoms.